The monoisotopic (exact) mass is 325 g/mol. The Kier molecular flexibility index (Phi) is 5.39. The van der Waals surface area contributed by atoms with Gasteiger partial charge in [0.2, 0.25) is 0 Å². The van der Waals surface area contributed by atoms with Crippen LogP contribution in [0.5, 0.6) is 11.5 Å². The van der Waals surface area contributed by atoms with Crippen molar-refractivity contribution in [3.63, 3.8) is 0 Å². The number of hydrogen-bond donors (Lipinski definition) is 0. The lowest BCUT2D eigenvalue weighted by Crippen LogP contribution is -2.02. The highest BCUT2D eigenvalue weighted by molar-refractivity contribution is 9.10. The number of benzene rings is 1. The molecular formula is C13H12BrNO4. The SMILES string of the molecule is COC(=O)/C(C#N)=C\c1cc(OC)c(OC)cc1Br. The van der Waals surface area contributed by atoms with Crippen LogP contribution in [0.2, 0.25) is 0 Å². The molecule has 19 heavy (non-hydrogen) atoms. The summed E-state index contributed by atoms with van der Waals surface area (Å²) in [6.45, 7) is 0. The number of carbonyl (C=O) groups excluding carboxylic acids is 1. The number of nitrogens with zero attached hydrogens (tertiary/aromatic N) is 1. The van der Waals surface area contributed by atoms with Crippen LogP contribution in [0.3, 0.4) is 0 Å². The van der Waals surface area contributed by atoms with Gasteiger partial charge >= 0.3 is 5.97 Å². The van der Waals surface area contributed by atoms with E-state index in [1.165, 1.54) is 27.4 Å². The Morgan fingerprint density at radius 1 is 1.26 bits per heavy atom. The number of carbonyl (C=O) groups is 1. The summed E-state index contributed by atoms with van der Waals surface area (Å²) in [4.78, 5) is 11.4. The van der Waals surface area contributed by atoms with Crippen molar-refractivity contribution in [2.24, 2.45) is 0 Å². The molecule has 1 aromatic rings. The average molecular weight is 326 g/mol. The summed E-state index contributed by atoms with van der Waals surface area (Å²) in [5.41, 5.74) is 0.509. The number of methoxy groups -OCH3 is 3. The normalized spacial score (nSPS) is 10.6. The molecule has 0 heterocycles. The summed E-state index contributed by atoms with van der Waals surface area (Å²) in [6, 6.07) is 5.14. The van der Waals surface area contributed by atoms with Crippen LogP contribution >= 0.6 is 15.9 Å². The Labute approximate surface area is 119 Å². The van der Waals surface area contributed by atoms with Gasteiger partial charge in [0.15, 0.2) is 11.5 Å². The Balaban J connectivity index is 3.32. The van der Waals surface area contributed by atoms with E-state index in [4.69, 9.17) is 14.7 Å². The minimum Gasteiger partial charge on any atom is -0.493 e. The highest BCUT2D eigenvalue weighted by Gasteiger charge is 2.12. The lowest BCUT2D eigenvalue weighted by Gasteiger charge is -2.10. The van der Waals surface area contributed by atoms with Crippen molar-refractivity contribution < 1.29 is 19.0 Å². The summed E-state index contributed by atoms with van der Waals surface area (Å²) >= 11 is 3.34. The van der Waals surface area contributed by atoms with Gasteiger partial charge in [-0.25, -0.2) is 4.79 Å². The predicted octanol–water partition coefficient (Wildman–Crippen LogP) is 2.55. The molecule has 0 fully saturated rings. The number of esters is 1. The second-order valence-corrected chi connectivity index (χ2v) is 4.24. The fourth-order valence-electron chi connectivity index (χ4n) is 1.38. The van der Waals surface area contributed by atoms with E-state index in [-0.39, 0.29) is 5.57 Å². The van der Waals surface area contributed by atoms with Crippen LogP contribution in [0.15, 0.2) is 22.2 Å². The molecule has 0 bridgehead atoms. The van der Waals surface area contributed by atoms with Gasteiger partial charge in [0.1, 0.15) is 11.6 Å². The first kappa shape index (κ1) is 15.1. The van der Waals surface area contributed by atoms with Crippen LogP contribution in [0, 0.1) is 11.3 Å². The second kappa shape index (κ2) is 6.81. The van der Waals surface area contributed by atoms with E-state index >= 15 is 0 Å². The minimum atomic E-state index is -0.691. The molecule has 0 aliphatic rings. The molecule has 0 unspecified atom stereocenters. The molecule has 0 aromatic heterocycles. The molecule has 0 saturated carbocycles. The highest BCUT2D eigenvalue weighted by Crippen LogP contribution is 2.34. The molecule has 0 aliphatic heterocycles. The standard InChI is InChI=1S/C13H12BrNO4/c1-17-11-5-8(10(14)6-12(11)18-2)4-9(7-15)13(16)19-3/h4-6H,1-3H3/b9-4-. The fourth-order valence-corrected chi connectivity index (χ4v) is 1.82. The third-order valence-electron chi connectivity index (χ3n) is 2.33. The quantitative estimate of drug-likeness (QED) is 0.483. The Hall–Kier alpha value is -2.00. The lowest BCUT2D eigenvalue weighted by atomic mass is 10.1. The van der Waals surface area contributed by atoms with E-state index in [2.05, 4.69) is 20.7 Å². The Morgan fingerprint density at radius 2 is 1.84 bits per heavy atom. The Morgan fingerprint density at radius 3 is 2.32 bits per heavy atom. The summed E-state index contributed by atoms with van der Waals surface area (Å²) < 4.78 is 15.5. The van der Waals surface area contributed by atoms with Crippen molar-refractivity contribution in [1.82, 2.24) is 0 Å². The van der Waals surface area contributed by atoms with Crippen molar-refractivity contribution >= 4 is 28.0 Å². The first-order chi connectivity index (χ1) is 9.07. The molecule has 0 amide bonds. The van der Waals surface area contributed by atoms with Crippen LogP contribution in [0.4, 0.5) is 0 Å². The van der Waals surface area contributed by atoms with Gasteiger partial charge < -0.3 is 14.2 Å². The maximum absolute atomic E-state index is 11.4. The van der Waals surface area contributed by atoms with E-state index in [0.29, 0.717) is 21.5 Å². The molecule has 100 valence electrons. The van der Waals surface area contributed by atoms with Crippen LogP contribution in [0.1, 0.15) is 5.56 Å². The van der Waals surface area contributed by atoms with Crippen LogP contribution in [-0.4, -0.2) is 27.3 Å². The molecule has 1 rings (SSSR count). The van der Waals surface area contributed by atoms with Crippen molar-refractivity contribution in [2.75, 3.05) is 21.3 Å². The van der Waals surface area contributed by atoms with Crippen molar-refractivity contribution in [3.8, 4) is 17.6 Å². The molecule has 5 nitrogen and oxygen atoms in total. The van der Waals surface area contributed by atoms with Crippen LogP contribution < -0.4 is 9.47 Å². The summed E-state index contributed by atoms with van der Waals surface area (Å²) in [5.74, 6) is 0.353. The molecular weight excluding hydrogens is 314 g/mol. The zero-order chi connectivity index (χ0) is 14.4. The number of nitriles is 1. The zero-order valence-electron chi connectivity index (χ0n) is 10.7. The molecule has 0 aliphatic carbocycles. The van der Waals surface area contributed by atoms with Gasteiger partial charge in [0.25, 0.3) is 0 Å². The van der Waals surface area contributed by atoms with Gasteiger partial charge in [0, 0.05) is 4.47 Å². The lowest BCUT2D eigenvalue weighted by molar-refractivity contribution is -0.135. The number of ether oxygens (including phenoxy) is 3. The van der Waals surface area contributed by atoms with E-state index in [1.54, 1.807) is 18.2 Å². The summed E-state index contributed by atoms with van der Waals surface area (Å²) in [6.07, 6.45) is 1.41. The van der Waals surface area contributed by atoms with Gasteiger partial charge in [-0.05, 0) is 23.8 Å². The van der Waals surface area contributed by atoms with E-state index < -0.39 is 5.97 Å². The third-order valence-corrected chi connectivity index (χ3v) is 3.02. The fraction of sp³-hybridized carbons (Fsp3) is 0.231. The Bertz CT molecular complexity index is 560. The topological polar surface area (TPSA) is 68.6 Å². The third kappa shape index (κ3) is 3.48. The van der Waals surface area contributed by atoms with E-state index in [1.807, 2.05) is 0 Å². The van der Waals surface area contributed by atoms with Gasteiger partial charge in [-0.1, -0.05) is 15.9 Å². The molecule has 0 N–H and O–H groups in total. The second-order valence-electron chi connectivity index (χ2n) is 3.39. The van der Waals surface area contributed by atoms with Crippen LogP contribution in [-0.2, 0) is 9.53 Å². The maximum Gasteiger partial charge on any atom is 0.348 e. The number of halogens is 1. The molecule has 1 aromatic carbocycles. The van der Waals surface area contributed by atoms with Crippen molar-refractivity contribution in [1.29, 1.82) is 5.26 Å². The molecule has 0 spiro atoms. The summed E-state index contributed by atoms with van der Waals surface area (Å²) in [5, 5.41) is 8.92. The van der Waals surface area contributed by atoms with Gasteiger partial charge in [-0.2, -0.15) is 5.26 Å². The largest absolute Gasteiger partial charge is 0.493 e. The molecule has 6 heteroatoms. The van der Waals surface area contributed by atoms with E-state index in [0.717, 1.165) is 0 Å². The molecule has 0 radical (unpaired) electrons. The van der Waals surface area contributed by atoms with Crippen molar-refractivity contribution in [3.05, 3.63) is 27.7 Å². The van der Waals surface area contributed by atoms with Gasteiger partial charge in [-0.3, -0.25) is 0 Å². The zero-order valence-corrected chi connectivity index (χ0v) is 12.3. The summed E-state index contributed by atoms with van der Waals surface area (Å²) in [7, 11) is 4.25. The van der Waals surface area contributed by atoms with Gasteiger partial charge in [-0.15, -0.1) is 0 Å². The van der Waals surface area contributed by atoms with Crippen LogP contribution in [0.25, 0.3) is 6.08 Å². The number of rotatable bonds is 4. The smallest absolute Gasteiger partial charge is 0.348 e. The first-order valence-electron chi connectivity index (χ1n) is 5.19. The maximum atomic E-state index is 11.4. The predicted molar refractivity (Wildman–Crippen MR) is 72.9 cm³/mol. The van der Waals surface area contributed by atoms with Gasteiger partial charge in [0.05, 0.1) is 21.3 Å². The van der Waals surface area contributed by atoms with E-state index in [9.17, 15) is 4.79 Å². The first-order valence-corrected chi connectivity index (χ1v) is 5.98. The average Bonchev–Trinajstić information content (AvgIpc) is 2.44. The highest BCUT2D eigenvalue weighted by atomic mass is 79.9. The number of hydrogen-bond acceptors (Lipinski definition) is 5. The van der Waals surface area contributed by atoms with Crippen molar-refractivity contribution in [2.45, 2.75) is 0 Å². The molecule has 0 atom stereocenters. The minimum absolute atomic E-state index is 0.101. The molecule has 0 saturated heterocycles.